The van der Waals surface area contributed by atoms with Crippen LogP contribution in [0.3, 0.4) is 0 Å². The Balaban J connectivity index is 3.67. The lowest BCUT2D eigenvalue weighted by molar-refractivity contribution is 0.426. The molecule has 0 radical (unpaired) electrons. The lowest BCUT2D eigenvalue weighted by atomic mass is 9.79. The molecule has 0 unspecified atom stereocenters. The van der Waals surface area contributed by atoms with Gasteiger partial charge < -0.3 is 10.0 Å². The van der Waals surface area contributed by atoms with Gasteiger partial charge in [0, 0.05) is 0 Å². The summed E-state index contributed by atoms with van der Waals surface area (Å²) in [7, 11) is -3.22. The van der Waals surface area contributed by atoms with E-state index in [9.17, 15) is 15.3 Å². The molecule has 1 aromatic rings. The van der Waals surface area contributed by atoms with Crippen molar-refractivity contribution in [2.45, 2.75) is 45.8 Å². The monoisotopic (exact) mass is 275 g/mol. The van der Waals surface area contributed by atoms with E-state index in [4.69, 9.17) is 0 Å². The van der Waals surface area contributed by atoms with Crippen molar-refractivity contribution in [1.29, 1.82) is 5.26 Å². The molecule has 0 atom stereocenters. The molecular weight excluding hydrogens is 253 g/mol. The minimum absolute atomic E-state index is 0.591. The van der Waals surface area contributed by atoms with Crippen molar-refractivity contribution in [3.05, 3.63) is 23.3 Å². The van der Waals surface area contributed by atoms with E-state index < -0.39 is 15.2 Å². The molecule has 1 aromatic carbocycles. The van der Waals surface area contributed by atoms with Gasteiger partial charge in [-0.3, -0.25) is 0 Å². The number of nitrogens with zero attached hydrogens (tertiary/aromatic N) is 1. The van der Waals surface area contributed by atoms with Crippen LogP contribution in [0.4, 0.5) is 0 Å². The summed E-state index contributed by atoms with van der Waals surface area (Å²) in [6.07, 6.45) is 0. The number of benzene rings is 1. The summed E-state index contributed by atoms with van der Waals surface area (Å²) in [5, 5.41) is 29.5. The Morgan fingerprint density at radius 2 is 1.68 bits per heavy atom. The van der Waals surface area contributed by atoms with Gasteiger partial charge in [0.15, 0.2) is 0 Å². The predicted molar refractivity (Wildman–Crippen MR) is 82.6 cm³/mol. The molecule has 0 saturated carbocycles. The molecule has 0 spiro atoms. The van der Waals surface area contributed by atoms with E-state index in [0.717, 1.165) is 28.9 Å². The normalized spacial score (nSPS) is 11.2. The van der Waals surface area contributed by atoms with Crippen LogP contribution in [0.5, 0.6) is 0 Å². The molecule has 0 heterocycles. The lowest BCUT2D eigenvalue weighted by Gasteiger charge is -2.33. The van der Waals surface area contributed by atoms with Crippen LogP contribution in [0.1, 0.15) is 31.9 Å². The molecule has 3 nitrogen and oxygen atoms in total. The third kappa shape index (κ3) is 2.76. The standard InChI is InChI=1S/C14H22BNO2Si/c1-5-19(6-2,7-3)14-11(4)12(10-16)8-9-13(14)15(17)18/h8-9,17-18H,5-7H2,1-4H3. The highest BCUT2D eigenvalue weighted by atomic mass is 28.3. The van der Waals surface area contributed by atoms with Gasteiger partial charge in [0.25, 0.3) is 0 Å². The van der Waals surface area contributed by atoms with E-state index in [1.807, 2.05) is 6.92 Å². The summed E-state index contributed by atoms with van der Waals surface area (Å²) in [6, 6.07) is 8.75. The summed E-state index contributed by atoms with van der Waals surface area (Å²) in [5.74, 6) is 0. The largest absolute Gasteiger partial charge is 0.488 e. The molecule has 0 saturated heterocycles. The fourth-order valence-electron chi connectivity index (χ4n) is 3.05. The van der Waals surface area contributed by atoms with E-state index in [0.29, 0.717) is 11.0 Å². The Morgan fingerprint density at radius 3 is 2.05 bits per heavy atom. The van der Waals surface area contributed by atoms with Crippen LogP contribution in [-0.4, -0.2) is 25.2 Å². The average molecular weight is 275 g/mol. The van der Waals surface area contributed by atoms with Crippen LogP contribution in [0.25, 0.3) is 0 Å². The SMILES string of the molecule is CC[Si](CC)(CC)c1c(B(O)O)ccc(C#N)c1C. The smallest absolute Gasteiger partial charge is 0.423 e. The highest BCUT2D eigenvalue weighted by Crippen LogP contribution is 2.22. The Bertz CT molecular complexity index is 485. The molecule has 0 aliphatic carbocycles. The lowest BCUT2D eigenvalue weighted by Crippen LogP contribution is -2.58. The van der Waals surface area contributed by atoms with Gasteiger partial charge >= 0.3 is 7.12 Å². The Hall–Kier alpha value is -1.09. The van der Waals surface area contributed by atoms with Crippen LogP contribution in [0, 0.1) is 18.3 Å². The fraction of sp³-hybridized carbons (Fsp3) is 0.500. The maximum atomic E-state index is 9.64. The first-order chi connectivity index (χ1) is 8.97. The highest BCUT2D eigenvalue weighted by molar-refractivity contribution is 6.95. The molecule has 19 heavy (non-hydrogen) atoms. The molecule has 0 bridgehead atoms. The van der Waals surface area contributed by atoms with Crippen LogP contribution >= 0.6 is 0 Å². The molecule has 1 rings (SSSR count). The van der Waals surface area contributed by atoms with Crippen molar-refractivity contribution < 1.29 is 10.0 Å². The molecule has 0 amide bonds. The number of nitriles is 1. The minimum Gasteiger partial charge on any atom is -0.423 e. The van der Waals surface area contributed by atoms with Gasteiger partial charge in [0.1, 0.15) is 0 Å². The Morgan fingerprint density at radius 1 is 1.16 bits per heavy atom. The molecule has 2 N–H and O–H groups in total. The molecule has 5 heteroatoms. The predicted octanol–water partition coefficient (Wildman–Crippen LogP) is 1.26. The van der Waals surface area contributed by atoms with E-state index in [2.05, 4.69) is 26.8 Å². The summed E-state index contributed by atoms with van der Waals surface area (Å²) in [5.41, 5.74) is 2.17. The van der Waals surface area contributed by atoms with Gasteiger partial charge in [0.2, 0.25) is 0 Å². The topological polar surface area (TPSA) is 64.2 Å². The second-order valence-electron chi connectivity index (χ2n) is 5.03. The van der Waals surface area contributed by atoms with Gasteiger partial charge in [0.05, 0.1) is 19.7 Å². The van der Waals surface area contributed by atoms with E-state index >= 15 is 0 Å². The second-order valence-corrected chi connectivity index (χ2v) is 10.2. The van der Waals surface area contributed by atoms with Gasteiger partial charge in [-0.05, 0) is 24.0 Å². The van der Waals surface area contributed by atoms with Crippen LogP contribution in [-0.2, 0) is 0 Å². The van der Waals surface area contributed by atoms with Crippen molar-refractivity contribution in [3.8, 4) is 6.07 Å². The summed E-state index contributed by atoms with van der Waals surface area (Å²) in [6.45, 7) is 8.45. The van der Waals surface area contributed by atoms with Crippen molar-refractivity contribution in [2.24, 2.45) is 0 Å². The molecular formula is C14H22BNO2Si. The maximum Gasteiger partial charge on any atom is 0.488 e. The minimum atomic E-state index is -1.76. The second kappa shape index (κ2) is 6.38. The van der Waals surface area contributed by atoms with Gasteiger partial charge in [-0.2, -0.15) is 5.26 Å². The molecule has 102 valence electrons. The third-order valence-corrected chi connectivity index (χ3v) is 10.2. The van der Waals surface area contributed by atoms with Crippen LogP contribution in [0.15, 0.2) is 12.1 Å². The van der Waals surface area contributed by atoms with E-state index in [-0.39, 0.29) is 0 Å². The van der Waals surface area contributed by atoms with E-state index in [1.165, 1.54) is 0 Å². The Labute approximate surface area is 117 Å². The average Bonchev–Trinajstić information content (AvgIpc) is 2.42. The third-order valence-electron chi connectivity index (χ3n) is 4.46. The van der Waals surface area contributed by atoms with Crippen LogP contribution < -0.4 is 10.6 Å². The maximum absolute atomic E-state index is 9.64. The molecule has 0 aliphatic rings. The van der Waals surface area contributed by atoms with Crippen molar-refractivity contribution in [2.75, 3.05) is 0 Å². The van der Waals surface area contributed by atoms with Crippen molar-refractivity contribution in [3.63, 3.8) is 0 Å². The van der Waals surface area contributed by atoms with Gasteiger partial charge in [-0.15, -0.1) is 0 Å². The quantitative estimate of drug-likeness (QED) is 0.795. The van der Waals surface area contributed by atoms with Crippen molar-refractivity contribution >= 4 is 25.8 Å². The zero-order valence-electron chi connectivity index (χ0n) is 12.2. The first kappa shape index (κ1) is 16.0. The number of rotatable bonds is 5. The van der Waals surface area contributed by atoms with Gasteiger partial charge in [-0.25, -0.2) is 0 Å². The summed E-state index contributed by atoms with van der Waals surface area (Å²) >= 11 is 0. The molecule has 0 fully saturated rings. The number of hydrogen-bond acceptors (Lipinski definition) is 3. The Kier molecular flexibility index (Phi) is 5.36. The highest BCUT2D eigenvalue weighted by Gasteiger charge is 2.35. The fourth-order valence-corrected chi connectivity index (χ4v) is 7.37. The first-order valence-electron chi connectivity index (χ1n) is 6.87. The van der Waals surface area contributed by atoms with E-state index in [1.54, 1.807) is 12.1 Å². The zero-order valence-corrected chi connectivity index (χ0v) is 13.2. The zero-order chi connectivity index (χ0) is 14.6. The number of hydrogen-bond donors (Lipinski definition) is 2. The molecule has 0 aromatic heterocycles. The van der Waals surface area contributed by atoms with Crippen LogP contribution in [0.2, 0.25) is 18.1 Å². The summed E-state index contributed by atoms with van der Waals surface area (Å²) in [4.78, 5) is 0. The summed E-state index contributed by atoms with van der Waals surface area (Å²) < 4.78 is 0. The van der Waals surface area contributed by atoms with Crippen molar-refractivity contribution in [1.82, 2.24) is 0 Å². The first-order valence-corrected chi connectivity index (χ1v) is 9.49. The van der Waals surface area contributed by atoms with Gasteiger partial charge in [-0.1, -0.05) is 50.2 Å². The molecule has 0 aliphatic heterocycles.